The molecule has 0 N–H and O–H groups in total. The quantitative estimate of drug-likeness (QED) is 0.532. The van der Waals surface area contributed by atoms with Gasteiger partial charge in [0.2, 0.25) is 0 Å². The van der Waals surface area contributed by atoms with Crippen LogP contribution in [-0.2, 0) is 0 Å². The Bertz CT molecular complexity index is 293. The highest BCUT2D eigenvalue weighted by Crippen LogP contribution is 2.47. The lowest BCUT2D eigenvalue weighted by molar-refractivity contribution is 0.445. The van der Waals surface area contributed by atoms with Crippen molar-refractivity contribution in [1.82, 2.24) is 0 Å². The van der Waals surface area contributed by atoms with Gasteiger partial charge < -0.3 is 0 Å². The fraction of sp³-hybridized carbons (Fsp3) is 0.385. The Morgan fingerprint density at radius 1 is 1.31 bits per heavy atom. The molecule has 0 heterocycles. The summed E-state index contributed by atoms with van der Waals surface area (Å²) in [6, 6.07) is 0. The van der Waals surface area contributed by atoms with Gasteiger partial charge in [0.1, 0.15) is 0 Å². The largest absolute Gasteiger partial charge is 0.103 e. The van der Waals surface area contributed by atoms with Crippen molar-refractivity contribution in [3.8, 4) is 0 Å². The van der Waals surface area contributed by atoms with Gasteiger partial charge in [-0.3, -0.25) is 0 Å². The molecule has 0 aromatic rings. The Morgan fingerprint density at radius 2 is 2.00 bits per heavy atom. The third kappa shape index (κ3) is 1.13. The molecule has 0 radical (unpaired) electrons. The highest BCUT2D eigenvalue weighted by molar-refractivity contribution is 5.31. The van der Waals surface area contributed by atoms with Crippen molar-refractivity contribution in [1.29, 1.82) is 0 Å². The first-order valence-corrected chi connectivity index (χ1v) is 4.92. The van der Waals surface area contributed by atoms with E-state index in [4.69, 9.17) is 0 Å². The predicted molar refractivity (Wildman–Crippen MR) is 57.3 cm³/mol. The lowest BCUT2D eigenvalue weighted by atomic mass is 9.85. The average Bonchev–Trinajstić information content (AvgIpc) is 2.41. The highest BCUT2D eigenvalue weighted by atomic mass is 14.4. The summed E-state index contributed by atoms with van der Waals surface area (Å²) in [6.45, 7) is 10.4. The summed E-state index contributed by atoms with van der Waals surface area (Å²) >= 11 is 0. The van der Waals surface area contributed by atoms with Gasteiger partial charge in [0.25, 0.3) is 0 Å². The first-order chi connectivity index (χ1) is 6.25. The molecule has 1 saturated carbocycles. The van der Waals surface area contributed by atoms with E-state index in [0.29, 0.717) is 23.7 Å². The molecule has 0 nitrogen and oxygen atoms in total. The van der Waals surface area contributed by atoms with Crippen LogP contribution in [0.25, 0.3) is 0 Å². The van der Waals surface area contributed by atoms with Gasteiger partial charge in [-0.15, -0.1) is 6.58 Å². The van der Waals surface area contributed by atoms with E-state index in [-0.39, 0.29) is 0 Å². The van der Waals surface area contributed by atoms with E-state index in [1.54, 1.807) is 0 Å². The number of hydrogen-bond acceptors (Lipinski definition) is 0. The Balaban J connectivity index is 2.36. The average molecular weight is 172 g/mol. The molecular formula is C13H16. The molecule has 0 saturated heterocycles. The van der Waals surface area contributed by atoms with E-state index in [0.717, 1.165) is 0 Å². The smallest absolute Gasteiger partial charge is 0.00489 e. The van der Waals surface area contributed by atoms with Crippen LogP contribution in [0.3, 0.4) is 0 Å². The number of fused-ring (bicyclic) bond motifs is 1. The molecule has 0 heteroatoms. The Labute approximate surface area is 80.3 Å². The van der Waals surface area contributed by atoms with E-state index < -0.39 is 0 Å². The zero-order chi connectivity index (χ0) is 9.42. The van der Waals surface area contributed by atoms with Crippen molar-refractivity contribution in [2.24, 2.45) is 23.7 Å². The fourth-order valence-electron chi connectivity index (χ4n) is 2.61. The van der Waals surface area contributed by atoms with Gasteiger partial charge in [-0.2, -0.15) is 0 Å². The van der Waals surface area contributed by atoms with Crippen LogP contribution in [0.4, 0.5) is 0 Å². The van der Waals surface area contributed by atoms with Crippen LogP contribution in [0.1, 0.15) is 6.92 Å². The fourth-order valence-corrected chi connectivity index (χ4v) is 2.61. The number of rotatable bonds is 1. The van der Waals surface area contributed by atoms with Crippen molar-refractivity contribution in [2.75, 3.05) is 0 Å². The molecule has 1 fully saturated rings. The maximum absolute atomic E-state index is 4.18. The SMILES string of the molecule is C=CC1C(C)C(=C)C2C=CC=CC21. The Hall–Kier alpha value is -1.04. The highest BCUT2D eigenvalue weighted by Gasteiger charge is 2.39. The molecule has 0 aliphatic heterocycles. The van der Waals surface area contributed by atoms with Crippen LogP contribution in [0.5, 0.6) is 0 Å². The minimum absolute atomic E-state index is 0.558. The Morgan fingerprint density at radius 3 is 2.69 bits per heavy atom. The van der Waals surface area contributed by atoms with E-state index in [1.807, 2.05) is 0 Å². The minimum atomic E-state index is 0.558. The third-order valence-corrected chi connectivity index (χ3v) is 3.48. The molecule has 4 unspecified atom stereocenters. The summed E-state index contributed by atoms with van der Waals surface area (Å²) in [5, 5.41) is 0. The van der Waals surface area contributed by atoms with E-state index in [9.17, 15) is 0 Å². The number of hydrogen-bond donors (Lipinski definition) is 0. The zero-order valence-electron chi connectivity index (χ0n) is 8.11. The van der Waals surface area contributed by atoms with Crippen LogP contribution in [0.2, 0.25) is 0 Å². The molecular weight excluding hydrogens is 156 g/mol. The molecule has 2 aliphatic rings. The van der Waals surface area contributed by atoms with Crippen LogP contribution >= 0.6 is 0 Å². The van der Waals surface area contributed by atoms with Crippen molar-refractivity contribution in [2.45, 2.75) is 6.92 Å². The second-order valence-electron chi connectivity index (χ2n) is 4.05. The molecule has 0 spiro atoms. The van der Waals surface area contributed by atoms with Gasteiger partial charge in [0.15, 0.2) is 0 Å². The summed E-state index contributed by atoms with van der Waals surface area (Å²) in [5.74, 6) is 2.34. The van der Waals surface area contributed by atoms with Gasteiger partial charge in [-0.25, -0.2) is 0 Å². The van der Waals surface area contributed by atoms with E-state index >= 15 is 0 Å². The maximum atomic E-state index is 4.18. The molecule has 13 heavy (non-hydrogen) atoms. The maximum Gasteiger partial charge on any atom is 0.00489 e. The van der Waals surface area contributed by atoms with Crippen LogP contribution in [0.15, 0.2) is 49.1 Å². The summed E-state index contributed by atoms with van der Waals surface area (Å²) in [7, 11) is 0. The normalized spacial score (nSPS) is 42.1. The van der Waals surface area contributed by atoms with Gasteiger partial charge in [0, 0.05) is 5.92 Å². The Kier molecular flexibility index (Phi) is 1.99. The lowest BCUT2D eigenvalue weighted by Gasteiger charge is -2.19. The summed E-state index contributed by atoms with van der Waals surface area (Å²) in [6.07, 6.45) is 10.9. The summed E-state index contributed by atoms with van der Waals surface area (Å²) in [5.41, 5.74) is 1.37. The molecule has 0 aromatic carbocycles. The van der Waals surface area contributed by atoms with Crippen LogP contribution < -0.4 is 0 Å². The van der Waals surface area contributed by atoms with E-state index in [1.165, 1.54) is 5.57 Å². The van der Waals surface area contributed by atoms with Crippen molar-refractivity contribution in [3.63, 3.8) is 0 Å². The summed E-state index contributed by atoms with van der Waals surface area (Å²) in [4.78, 5) is 0. The molecule has 4 atom stereocenters. The van der Waals surface area contributed by atoms with Gasteiger partial charge in [-0.1, -0.05) is 49.5 Å². The molecule has 0 amide bonds. The zero-order valence-corrected chi connectivity index (χ0v) is 8.11. The van der Waals surface area contributed by atoms with Crippen LogP contribution in [0, 0.1) is 23.7 Å². The molecule has 2 rings (SSSR count). The van der Waals surface area contributed by atoms with Crippen molar-refractivity contribution < 1.29 is 0 Å². The van der Waals surface area contributed by atoms with Gasteiger partial charge in [0.05, 0.1) is 0 Å². The molecule has 0 aromatic heterocycles. The van der Waals surface area contributed by atoms with Gasteiger partial charge in [-0.05, 0) is 17.8 Å². The summed E-state index contributed by atoms with van der Waals surface area (Å²) < 4.78 is 0. The second kappa shape index (κ2) is 3.02. The standard InChI is InChI=1S/C13H16/c1-4-11-9(2)10(3)12-7-5-6-8-13(11)12/h4-9,11-13H,1,3H2,2H3. The van der Waals surface area contributed by atoms with Crippen molar-refractivity contribution in [3.05, 3.63) is 49.1 Å². The first kappa shape index (κ1) is 8.55. The van der Waals surface area contributed by atoms with Crippen molar-refractivity contribution >= 4 is 0 Å². The number of allylic oxidation sites excluding steroid dienone is 6. The molecule has 68 valence electrons. The van der Waals surface area contributed by atoms with Gasteiger partial charge >= 0.3 is 0 Å². The predicted octanol–water partition coefficient (Wildman–Crippen LogP) is 3.35. The van der Waals surface area contributed by atoms with Crippen LogP contribution in [-0.4, -0.2) is 0 Å². The topological polar surface area (TPSA) is 0 Å². The third-order valence-electron chi connectivity index (χ3n) is 3.48. The lowest BCUT2D eigenvalue weighted by Crippen LogP contribution is -2.12. The molecule has 0 bridgehead atoms. The second-order valence-corrected chi connectivity index (χ2v) is 4.05. The van der Waals surface area contributed by atoms with E-state index in [2.05, 4.69) is 50.5 Å². The monoisotopic (exact) mass is 172 g/mol. The minimum Gasteiger partial charge on any atom is -0.103 e. The first-order valence-electron chi connectivity index (χ1n) is 4.92. The molecule has 2 aliphatic carbocycles.